The van der Waals surface area contributed by atoms with Crippen LogP contribution in [0.2, 0.25) is 5.02 Å². The van der Waals surface area contributed by atoms with Crippen molar-refractivity contribution in [2.75, 3.05) is 20.0 Å². The zero-order valence-corrected chi connectivity index (χ0v) is 13.4. The van der Waals surface area contributed by atoms with Gasteiger partial charge in [-0.05, 0) is 12.1 Å². The Morgan fingerprint density at radius 1 is 1.25 bits per heavy atom. The van der Waals surface area contributed by atoms with Gasteiger partial charge in [-0.2, -0.15) is 0 Å². The van der Waals surface area contributed by atoms with E-state index in [0.717, 1.165) is 10.6 Å². The van der Waals surface area contributed by atoms with Gasteiger partial charge in [0.15, 0.2) is 11.5 Å². The molecule has 4 nitrogen and oxygen atoms in total. The highest BCUT2D eigenvalue weighted by Crippen LogP contribution is 2.44. The first-order valence-electron chi connectivity index (χ1n) is 6.16. The third kappa shape index (κ3) is 2.55. The topological polar surface area (TPSA) is 57.4 Å². The summed E-state index contributed by atoms with van der Waals surface area (Å²) in [5, 5.41) is 2.10. The predicted molar refractivity (Wildman–Crippen MR) is 84.2 cm³/mol. The fraction of sp³-hybridized carbons (Fsp3) is 0.357. The van der Waals surface area contributed by atoms with E-state index in [4.69, 9.17) is 26.8 Å². The minimum Gasteiger partial charge on any atom is -0.493 e. The lowest BCUT2D eigenvalue weighted by Gasteiger charge is -2.12. The fourth-order valence-electron chi connectivity index (χ4n) is 1.86. The maximum Gasteiger partial charge on any atom is 0.180 e. The molecule has 0 unspecified atom stereocenters. The van der Waals surface area contributed by atoms with Crippen LogP contribution in [0.1, 0.15) is 24.8 Å². The lowest BCUT2D eigenvalue weighted by Crippen LogP contribution is -1.94. The Bertz CT molecular complexity index is 626. The number of thiazole rings is 1. The number of methoxy groups -OCH3 is 2. The third-order valence-corrected chi connectivity index (χ3v) is 4.46. The van der Waals surface area contributed by atoms with E-state index >= 15 is 0 Å². The molecule has 0 spiro atoms. The van der Waals surface area contributed by atoms with E-state index in [1.54, 1.807) is 20.3 Å². The molecule has 0 saturated carbocycles. The number of hydrogen-bond donors (Lipinski definition) is 1. The van der Waals surface area contributed by atoms with Gasteiger partial charge in [0.25, 0.3) is 0 Å². The Kier molecular flexibility index (Phi) is 4.40. The molecule has 6 heteroatoms. The number of rotatable bonds is 4. The zero-order chi connectivity index (χ0) is 14.9. The average molecular weight is 313 g/mol. The molecule has 0 aliphatic rings. The number of nitrogens with two attached hydrogens (primary N) is 1. The maximum absolute atomic E-state index is 6.39. The monoisotopic (exact) mass is 312 g/mol. The second-order valence-corrected chi connectivity index (χ2v) is 6.02. The van der Waals surface area contributed by atoms with Crippen LogP contribution in [0.3, 0.4) is 0 Å². The summed E-state index contributed by atoms with van der Waals surface area (Å²) in [6.45, 7) is 4.16. The molecule has 0 radical (unpaired) electrons. The molecule has 108 valence electrons. The van der Waals surface area contributed by atoms with Crippen LogP contribution in [-0.2, 0) is 0 Å². The number of halogens is 1. The summed E-state index contributed by atoms with van der Waals surface area (Å²) in [6, 6.07) is 3.65. The van der Waals surface area contributed by atoms with Gasteiger partial charge < -0.3 is 15.2 Å². The van der Waals surface area contributed by atoms with Crippen molar-refractivity contribution in [3.05, 3.63) is 22.2 Å². The van der Waals surface area contributed by atoms with Crippen molar-refractivity contribution in [1.82, 2.24) is 4.98 Å². The number of hydrogen-bond acceptors (Lipinski definition) is 5. The molecule has 2 rings (SSSR count). The second-order valence-electron chi connectivity index (χ2n) is 4.58. The van der Waals surface area contributed by atoms with Gasteiger partial charge in [-0.25, -0.2) is 4.98 Å². The molecular weight excluding hydrogens is 296 g/mol. The van der Waals surface area contributed by atoms with E-state index in [0.29, 0.717) is 33.1 Å². The van der Waals surface area contributed by atoms with Gasteiger partial charge in [-0.1, -0.05) is 25.4 Å². The Hall–Kier alpha value is -1.46. The second kappa shape index (κ2) is 5.89. The number of benzene rings is 1. The highest BCUT2D eigenvalue weighted by atomic mass is 35.5. The number of anilines is 1. The number of nitrogen functional groups attached to an aromatic ring is 1. The Balaban J connectivity index is 2.58. The van der Waals surface area contributed by atoms with Gasteiger partial charge in [0.2, 0.25) is 0 Å². The first-order valence-corrected chi connectivity index (χ1v) is 7.36. The average Bonchev–Trinajstić information content (AvgIpc) is 2.80. The van der Waals surface area contributed by atoms with Gasteiger partial charge in [0, 0.05) is 11.5 Å². The van der Waals surface area contributed by atoms with E-state index in [2.05, 4.69) is 18.8 Å². The molecule has 0 saturated heterocycles. The number of nitrogens with zero attached hydrogens (tertiary/aromatic N) is 1. The molecular formula is C14H17ClN2O2S. The lowest BCUT2D eigenvalue weighted by atomic mass is 10.1. The first kappa shape index (κ1) is 14.9. The largest absolute Gasteiger partial charge is 0.493 e. The molecule has 20 heavy (non-hydrogen) atoms. The standard InChI is InChI=1S/C14H17ClN2O2S/c1-7(2)14-17-11(13(16)20-14)8-5-6-9(18-3)12(19-4)10(8)15/h5-7H,16H2,1-4H3. The highest BCUT2D eigenvalue weighted by molar-refractivity contribution is 7.16. The van der Waals surface area contributed by atoms with E-state index in [-0.39, 0.29) is 0 Å². The van der Waals surface area contributed by atoms with Crippen LogP contribution in [0.15, 0.2) is 12.1 Å². The van der Waals surface area contributed by atoms with Crippen molar-refractivity contribution in [3.8, 4) is 22.8 Å². The van der Waals surface area contributed by atoms with Crippen molar-refractivity contribution in [2.24, 2.45) is 0 Å². The Morgan fingerprint density at radius 2 is 1.95 bits per heavy atom. The number of ether oxygens (including phenoxy) is 2. The molecule has 1 aromatic carbocycles. The molecule has 0 bridgehead atoms. The quantitative estimate of drug-likeness (QED) is 0.919. The van der Waals surface area contributed by atoms with Gasteiger partial charge in [0.05, 0.1) is 24.2 Å². The molecule has 2 aromatic rings. The third-order valence-electron chi connectivity index (χ3n) is 2.90. The van der Waals surface area contributed by atoms with E-state index in [1.807, 2.05) is 6.07 Å². The van der Waals surface area contributed by atoms with Crippen molar-refractivity contribution in [1.29, 1.82) is 0 Å². The van der Waals surface area contributed by atoms with E-state index in [1.165, 1.54) is 11.3 Å². The Morgan fingerprint density at radius 3 is 2.45 bits per heavy atom. The Labute approximate surface area is 127 Å². The summed E-state index contributed by atoms with van der Waals surface area (Å²) in [4.78, 5) is 4.58. The van der Waals surface area contributed by atoms with Crippen LogP contribution in [0.4, 0.5) is 5.00 Å². The van der Waals surface area contributed by atoms with Crippen molar-refractivity contribution in [3.63, 3.8) is 0 Å². The maximum atomic E-state index is 6.39. The minimum atomic E-state index is 0.329. The molecule has 0 fully saturated rings. The summed E-state index contributed by atoms with van der Waals surface area (Å²) >= 11 is 7.88. The first-order chi connectivity index (χ1) is 9.49. The summed E-state index contributed by atoms with van der Waals surface area (Å²) in [6.07, 6.45) is 0. The van der Waals surface area contributed by atoms with Gasteiger partial charge in [0.1, 0.15) is 10.7 Å². The van der Waals surface area contributed by atoms with Crippen LogP contribution < -0.4 is 15.2 Å². The van der Waals surface area contributed by atoms with Crippen LogP contribution in [0.5, 0.6) is 11.5 Å². The normalized spacial score (nSPS) is 10.9. The van der Waals surface area contributed by atoms with Crippen LogP contribution in [-0.4, -0.2) is 19.2 Å². The van der Waals surface area contributed by atoms with Crippen molar-refractivity contribution >= 4 is 27.9 Å². The highest BCUT2D eigenvalue weighted by Gasteiger charge is 2.19. The summed E-state index contributed by atoms with van der Waals surface area (Å²) in [5.41, 5.74) is 7.52. The summed E-state index contributed by atoms with van der Waals surface area (Å²) in [5.74, 6) is 1.40. The van der Waals surface area contributed by atoms with Crippen LogP contribution >= 0.6 is 22.9 Å². The van der Waals surface area contributed by atoms with Crippen molar-refractivity contribution in [2.45, 2.75) is 19.8 Å². The van der Waals surface area contributed by atoms with Crippen LogP contribution in [0.25, 0.3) is 11.3 Å². The SMILES string of the molecule is COc1ccc(-c2nc(C(C)C)sc2N)c(Cl)c1OC. The smallest absolute Gasteiger partial charge is 0.180 e. The molecule has 0 aliphatic carbocycles. The number of aromatic nitrogens is 1. The van der Waals surface area contributed by atoms with Crippen LogP contribution in [0, 0.1) is 0 Å². The molecule has 0 atom stereocenters. The van der Waals surface area contributed by atoms with E-state index < -0.39 is 0 Å². The molecule has 0 aliphatic heterocycles. The van der Waals surface area contributed by atoms with Gasteiger partial charge in [-0.3, -0.25) is 0 Å². The minimum absolute atomic E-state index is 0.329. The molecule has 2 N–H and O–H groups in total. The molecule has 0 amide bonds. The van der Waals surface area contributed by atoms with Gasteiger partial charge in [-0.15, -0.1) is 11.3 Å². The van der Waals surface area contributed by atoms with Gasteiger partial charge >= 0.3 is 0 Å². The van der Waals surface area contributed by atoms with Crippen molar-refractivity contribution < 1.29 is 9.47 Å². The lowest BCUT2D eigenvalue weighted by molar-refractivity contribution is 0.355. The van der Waals surface area contributed by atoms with E-state index in [9.17, 15) is 0 Å². The predicted octanol–water partition coefficient (Wildman–Crippen LogP) is 4.19. The zero-order valence-electron chi connectivity index (χ0n) is 11.9. The summed E-state index contributed by atoms with van der Waals surface area (Å²) < 4.78 is 10.5. The molecule has 1 aromatic heterocycles. The summed E-state index contributed by atoms with van der Waals surface area (Å²) in [7, 11) is 3.12. The molecule has 1 heterocycles. The fourth-order valence-corrected chi connectivity index (χ4v) is 3.03.